The molecule has 0 spiro atoms. The average molecular weight is 283 g/mol. The predicted octanol–water partition coefficient (Wildman–Crippen LogP) is 2.93. The van der Waals surface area contributed by atoms with Crippen LogP contribution < -0.4 is 5.32 Å². The van der Waals surface area contributed by atoms with Crippen LogP contribution in [0.15, 0.2) is 28.8 Å². The molecule has 0 aliphatic carbocycles. The largest absolute Gasteiger partial charge is 0.396 e. The third kappa shape index (κ3) is 2.76. The summed E-state index contributed by atoms with van der Waals surface area (Å²) in [6.45, 7) is 0.719. The third-order valence-electron chi connectivity index (χ3n) is 3.23. The van der Waals surface area contributed by atoms with Gasteiger partial charge >= 0.3 is 6.18 Å². The van der Waals surface area contributed by atoms with Crippen LogP contribution in [0.25, 0.3) is 0 Å². The summed E-state index contributed by atoms with van der Waals surface area (Å²) in [5, 5.41) is 6.62. The van der Waals surface area contributed by atoms with E-state index in [1.807, 2.05) is 24.3 Å². The van der Waals surface area contributed by atoms with Crippen molar-refractivity contribution in [2.45, 2.75) is 24.9 Å². The Kier molecular flexibility index (Phi) is 3.11. The van der Waals surface area contributed by atoms with Gasteiger partial charge in [-0.15, -0.1) is 0 Å². The van der Waals surface area contributed by atoms with Gasteiger partial charge in [0.05, 0.1) is 0 Å². The van der Waals surface area contributed by atoms with E-state index in [0.717, 1.165) is 17.8 Å². The van der Waals surface area contributed by atoms with Gasteiger partial charge in [-0.05, 0) is 11.6 Å². The van der Waals surface area contributed by atoms with Gasteiger partial charge in [0, 0.05) is 24.6 Å². The van der Waals surface area contributed by atoms with E-state index in [4.69, 9.17) is 4.52 Å². The van der Waals surface area contributed by atoms with Crippen LogP contribution in [0.2, 0.25) is 0 Å². The number of alkyl halides is 3. The van der Waals surface area contributed by atoms with E-state index in [1.165, 1.54) is 0 Å². The van der Waals surface area contributed by atoms with Crippen LogP contribution in [0.4, 0.5) is 18.9 Å². The fourth-order valence-corrected chi connectivity index (χ4v) is 2.37. The van der Waals surface area contributed by atoms with Gasteiger partial charge in [0.2, 0.25) is 5.89 Å². The normalized spacial score (nSPS) is 17.9. The molecule has 4 nitrogen and oxygen atoms in total. The summed E-state index contributed by atoms with van der Waals surface area (Å²) in [4.78, 5) is 3.81. The number of benzene rings is 1. The van der Waals surface area contributed by atoms with Crippen molar-refractivity contribution in [1.82, 2.24) is 10.1 Å². The van der Waals surface area contributed by atoms with E-state index < -0.39 is 12.6 Å². The van der Waals surface area contributed by atoms with Gasteiger partial charge in [0.15, 0.2) is 5.82 Å². The molecule has 0 radical (unpaired) electrons. The van der Waals surface area contributed by atoms with Crippen molar-refractivity contribution >= 4 is 5.69 Å². The maximum Gasteiger partial charge on any atom is 0.396 e. The summed E-state index contributed by atoms with van der Waals surface area (Å²) in [6, 6.07) is 7.83. The van der Waals surface area contributed by atoms with Crippen LogP contribution in [-0.2, 0) is 12.8 Å². The van der Waals surface area contributed by atoms with E-state index in [0.29, 0.717) is 6.42 Å². The summed E-state index contributed by atoms with van der Waals surface area (Å²) in [5.74, 6) is 0.0740. The Labute approximate surface area is 113 Å². The van der Waals surface area contributed by atoms with E-state index in [-0.39, 0.29) is 17.6 Å². The van der Waals surface area contributed by atoms with Crippen molar-refractivity contribution in [2.75, 3.05) is 11.9 Å². The lowest BCUT2D eigenvalue weighted by molar-refractivity contribution is -0.128. The van der Waals surface area contributed by atoms with Gasteiger partial charge in [-0.3, -0.25) is 0 Å². The van der Waals surface area contributed by atoms with Crippen LogP contribution in [-0.4, -0.2) is 22.9 Å². The number of fused-ring (bicyclic) bond motifs is 1. The maximum absolute atomic E-state index is 12.2. The number of halogens is 3. The first-order valence-corrected chi connectivity index (χ1v) is 6.22. The summed E-state index contributed by atoms with van der Waals surface area (Å²) >= 11 is 0. The molecule has 3 rings (SSSR count). The zero-order chi connectivity index (χ0) is 14.2. The highest BCUT2D eigenvalue weighted by Gasteiger charge is 2.31. The molecule has 2 heterocycles. The Balaban J connectivity index is 1.71. The fourth-order valence-electron chi connectivity index (χ4n) is 2.37. The first-order chi connectivity index (χ1) is 9.51. The Bertz CT molecular complexity index is 609. The molecule has 2 aromatic rings. The number of hydrogen-bond donors (Lipinski definition) is 1. The van der Waals surface area contributed by atoms with Crippen LogP contribution in [0, 0.1) is 0 Å². The fraction of sp³-hybridized carbons (Fsp3) is 0.385. The first kappa shape index (κ1) is 13.0. The zero-order valence-corrected chi connectivity index (χ0v) is 10.4. The van der Waals surface area contributed by atoms with Crippen molar-refractivity contribution in [1.29, 1.82) is 0 Å². The van der Waals surface area contributed by atoms with Crippen molar-refractivity contribution in [3.05, 3.63) is 41.5 Å². The monoisotopic (exact) mass is 283 g/mol. The molecule has 1 unspecified atom stereocenters. The van der Waals surface area contributed by atoms with E-state index in [9.17, 15) is 13.2 Å². The van der Waals surface area contributed by atoms with Crippen molar-refractivity contribution in [2.24, 2.45) is 0 Å². The molecule has 1 aromatic carbocycles. The zero-order valence-electron chi connectivity index (χ0n) is 10.4. The molecule has 106 valence electrons. The van der Waals surface area contributed by atoms with Crippen molar-refractivity contribution in [3.8, 4) is 0 Å². The van der Waals surface area contributed by atoms with Gasteiger partial charge in [0.25, 0.3) is 0 Å². The average Bonchev–Trinajstić information content (AvgIpc) is 2.96. The standard InChI is InChI=1S/C13H12F3N3O/c14-13(15,16)6-11-18-12(20-19-11)5-8-7-17-10-4-2-1-3-9(8)10/h1-4,8,17H,5-7H2. The Morgan fingerprint density at radius 1 is 1.30 bits per heavy atom. The number of hydrogen-bond acceptors (Lipinski definition) is 4. The first-order valence-electron chi connectivity index (χ1n) is 6.22. The van der Waals surface area contributed by atoms with E-state index in [1.54, 1.807) is 0 Å². The van der Waals surface area contributed by atoms with Gasteiger partial charge in [0.1, 0.15) is 6.42 Å². The topological polar surface area (TPSA) is 51.0 Å². The number of nitrogens with zero attached hydrogens (tertiary/aromatic N) is 2. The summed E-state index contributed by atoms with van der Waals surface area (Å²) in [6.07, 6.45) is -5.03. The number of anilines is 1. The molecule has 0 saturated heterocycles. The molecule has 1 atom stereocenters. The molecule has 0 bridgehead atoms. The minimum absolute atomic E-state index is 0.144. The highest BCUT2D eigenvalue weighted by molar-refractivity contribution is 5.57. The summed E-state index contributed by atoms with van der Waals surface area (Å²) < 4.78 is 41.6. The van der Waals surface area contributed by atoms with Gasteiger partial charge in [-0.25, -0.2) is 0 Å². The lowest BCUT2D eigenvalue weighted by atomic mass is 9.98. The minimum Gasteiger partial charge on any atom is -0.384 e. The van der Waals surface area contributed by atoms with Crippen molar-refractivity contribution < 1.29 is 17.7 Å². The third-order valence-corrected chi connectivity index (χ3v) is 3.23. The van der Waals surface area contributed by atoms with Gasteiger partial charge in [-0.2, -0.15) is 18.2 Å². The van der Waals surface area contributed by atoms with Crippen LogP contribution >= 0.6 is 0 Å². The minimum atomic E-state index is -4.32. The van der Waals surface area contributed by atoms with Crippen molar-refractivity contribution in [3.63, 3.8) is 0 Å². The number of nitrogens with one attached hydrogen (secondary N) is 1. The molecular weight excluding hydrogens is 271 g/mol. The summed E-state index contributed by atoms with van der Waals surface area (Å²) in [7, 11) is 0. The van der Waals surface area contributed by atoms with E-state index in [2.05, 4.69) is 15.5 Å². The number of para-hydroxylation sites is 1. The molecule has 1 aliphatic rings. The molecule has 1 aliphatic heterocycles. The number of rotatable bonds is 3. The predicted molar refractivity (Wildman–Crippen MR) is 65.4 cm³/mol. The Morgan fingerprint density at radius 3 is 2.90 bits per heavy atom. The molecule has 20 heavy (non-hydrogen) atoms. The highest BCUT2D eigenvalue weighted by Crippen LogP contribution is 2.33. The van der Waals surface area contributed by atoms with Gasteiger partial charge < -0.3 is 9.84 Å². The molecule has 1 N–H and O–H groups in total. The molecule has 0 amide bonds. The van der Waals surface area contributed by atoms with Crippen LogP contribution in [0.1, 0.15) is 23.2 Å². The second-order valence-electron chi connectivity index (χ2n) is 4.77. The number of aromatic nitrogens is 2. The van der Waals surface area contributed by atoms with E-state index >= 15 is 0 Å². The van der Waals surface area contributed by atoms with Crippen LogP contribution in [0.5, 0.6) is 0 Å². The molecule has 0 fully saturated rings. The SMILES string of the molecule is FC(F)(F)Cc1noc(CC2CNc3ccccc32)n1. The highest BCUT2D eigenvalue weighted by atomic mass is 19.4. The molecule has 7 heteroatoms. The molecule has 0 saturated carbocycles. The summed E-state index contributed by atoms with van der Waals surface area (Å²) in [5.41, 5.74) is 2.18. The second kappa shape index (κ2) is 4.81. The van der Waals surface area contributed by atoms with Crippen LogP contribution in [0.3, 0.4) is 0 Å². The smallest absolute Gasteiger partial charge is 0.384 e. The van der Waals surface area contributed by atoms with Gasteiger partial charge in [-0.1, -0.05) is 23.4 Å². The lowest BCUT2D eigenvalue weighted by Crippen LogP contribution is -2.12. The molecule has 1 aromatic heterocycles. The molecular formula is C13H12F3N3O. The lowest BCUT2D eigenvalue weighted by Gasteiger charge is -2.05. The second-order valence-corrected chi connectivity index (χ2v) is 4.77. The Morgan fingerprint density at radius 2 is 2.10 bits per heavy atom. The Hall–Kier alpha value is -2.05. The quantitative estimate of drug-likeness (QED) is 0.941. The maximum atomic E-state index is 12.2.